The van der Waals surface area contributed by atoms with Gasteiger partial charge >= 0.3 is 0 Å². The summed E-state index contributed by atoms with van der Waals surface area (Å²) in [5.41, 5.74) is 4.06. The van der Waals surface area contributed by atoms with Crippen molar-refractivity contribution in [3.63, 3.8) is 0 Å². The maximum atomic E-state index is 12.8. The Labute approximate surface area is 150 Å². The number of nitrogens with zero attached hydrogens (tertiary/aromatic N) is 2. The second kappa shape index (κ2) is 6.80. The van der Waals surface area contributed by atoms with Gasteiger partial charge in [0, 0.05) is 5.69 Å². The molecule has 0 fully saturated rings. The van der Waals surface area contributed by atoms with Gasteiger partial charge in [0.2, 0.25) is 0 Å². The molecule has 128 valence electrons. The van der Waals surface area contributed by atoms with Gasteiger partial charge < -0.3 is 10.1 Å². The van der Waals surface area contributed by atoms with Gasteiger partial charge in [-0.1, -0.05) is 18.2 Å². The van der Waals surface area contributed by atoms with Gasteiger partial charge in [-0.2, -0.15) is 0 Å². The number of rotatable bonds is 4. The summed E-state index contributed by atoms with van der Waals surface area (Å²) in [6, 6.07) is 20.4. The van der Waals surface area contributed by atoms with Gasteiger partial charge in [0.15, 0.2) is 0 Å². The fourth-order valence-corrected chi connectivity index (χ4v) is 2.83. The van der Waals surface area contributed by atoms with Crippen molar-refractivity contribution in [2.75, 3.05) is 11.9 Å². The smallest absolute Gasteiger partial charge is 0.257 e. The lowest BCUT2D eigenvalue weighted by atomic mass is 10.1. The van der Waals surface area contributed by atoms with Crippen LogP contribution in [0, 0.1) is 0 Å². The number of carbonyl (C=O) groups excluding carboxylic acids is 1. The molecule has 4 rings (SSSR count). The van der Waals surface area contributed by atoms with Crippen molar-refractivity contribution in [1.82, 2.24) is 9.97 Å². The minimum absolute atomic E-state index is 0.218. The number of ether oxygens (including phenoxy) is 1. The zero-order valence-corrected chi connectivity index (χ0v) is 14.3. The van der Waals surface area contributed by atoms with Crippen LogP contribution in [0.4, 0.5) is 5.69 Å². The van der Waals surface area contributed by atoms with Gasteiger partial charge in [0.1, 0.15) is 11.3 Å². The second-order valence-corrected chi connectivity index (χ2v) is 5.80. The molecule has 0 saturated carbocycles. The molecule has 0 atom stereocenters. The Morgan fingerprint density at radius 3 is 2.31 bits per heavy atom. The van der Waals surface area contributed by atoms with E-state index in [2.05, 4.69) is 15.3 Å². The van der Waals surface area contributed by atoms with E-state index in [9.17, 15) is 4.79 Å². The van der Waals surface area contributed by atoms with Crippen LogP contribution in [-0.4, -0.2) is 22.5 Å². The zero-order chi connectivity index (χ0) is 17.9. The van der Waals surface area contributed by atoms with Gasteiger partial charge in [-0.15, -0.1) is 0 Å². The average Bonchev–Trinajstić information content (AvgIpc) is 2.67. The minimum atomic E-state index is -0.218. The molecule has 1 amide bonds. The Hall–Kier alpha value is -3.47. The molecule has 0 aliphatic rings. The molecule has 5 nitrogen and oxygen atoms in total. The van der Waals surface area contributed by atoms with Crippen molar-refractivity contribution >= 4 is 33.7 Å². The van der Waals surface area contributed by atoms with Crippen LogP contribution in [0.15, 0.2) is 66.7 Å². The van der Waals surface area contributed by atoms with Crippen LogP contribution < -0.4 is 10.1 Å². The van der Waals surface area contributed by atoms with Crippen molar-refractivity contribution in [3.8, 4) is 5.75 Å². The highest BCUT2D eigenvalue weighted by Crippen LogP contribution is 2.21. The molecule has 0 aliphatic carbocycles. The first kappa shape index (κ1) is 16.0. The van der Waals surface area contributed by atoms with E-state index in [1.54, 1.807) is 6.07 Å². The molecule has 4 aromatic rings. The molecular weight excluding hydrogens is 326 g/mol. The van der Waals surface area contributed by atoms with Crippen LogP contribution in [0.5, 0.6) is 5.75 Å². The number of amides is 1. The highest BCUT2D eigenvalue weighted by atomic mass is 16.5. The molecular formula is C21H17N3O2. The lowest BCUT2D eigenvalue weighted by Gasteiger charge is -2.09. The third-order valence-corrected chi connectivity index (χ3v) is 4.04. The van der Waals surface area contributed by atoms with Gasteiger partial charge in [0.25, 0.3) is 5.91 Å². The Morgan fingerprint density at radius 1 is 0.885 bits per heavy atom. The quantitative estimate of drug-likeness (QED) is 0.557. The predicted molar refractivity (Wildman–Crippen MR) is 103 cm³/mol. The number of aromatic nitrogens is 2. The van der Waals surface area contributed by atoms with Crippen LogP contribution in [0.2, 0.25) is 0 Å². The Balaban J connectivity index is 1.68. The summed E-state index contributed by atoms with van der Waals surface area (Å²) in [4.78, 5) is 22.0. The molecule has 0 saturated heterocycles. The standard InChI is InChI=1S/C21H17N3O2/c1-2-26-15-12-10-14(11-13-15)22-21(25)16-6-5-9-19-20(16)24-18-8-4-3-7-17(18)23-19/h3-13H,2H2,1H3,(H,22,25). The summed E-state index contributed by atoms with van der Waals surface area (Å²) in [5, 5.41) is 2.91. The van der Waals surface area contributed by atoms with Gasteiger partial charge in [0.05, 0.1) is 28.7 Å². The molecule has 0 unspecified atom stereocenters. The van der Waals surface area contributed by atoms with Crippen LogP contribution in [0.25, 0.3) is 22.1 Å². The van der Waals surface area contributed by atoms with E-state index < -0.39 is 0 Å². The SMILES string of the molecule is CCOc1ccc(NC(=O)c2cccc3nc4ccccc4nc23)cc1. The Kier molecular flexibility index (Phi) is 4.19. The number of nitrogens with one attached hydrogen (secondary N) is 1. The first-order valence-electron chi connectivity index (χ1n) is 8.44. The van der Waals surface area contributed by atoms with Gasteiger partial charge in [-0.3, -0.25) is 4.79 Å². The van der Waals surface area contributed by atoms with Crippen molar-refractivity contribution in [2.24, 2.45) is 0 Å². The lowest BCUT2D eigenvalue weighted by Crippen LogP contribution is -2.13. The first-order chi connectivity index (χ1) is 12.7. The molecule has 1 aromatic heterocycles. The fourth-order valence-electron chi connectivity index (χ4n) is 2.83. The number of para-hydroxylation sites is 3. The average molecular weight is 343 g/mol. The number of benzene rings is 3. The first-order valence-corrected chi connectivity index (χ1v) is 8.44. The number of anilines is 1. The van der Waals surface area contributed by atoms with E-state index in [0.29, 0.717) is 28.9 Å². The maximum Gasteiger partial charge on any atom is 0.257 e. The van der Waals surface area contributed by atoms with Crippen molar-refractivity contribution in [2.45, 2.75) is 6.92 Å². The third kappa shape index (κ3) is 3.07. The molecule has 26 heavy (non-hydrogen) atoms. The van der Waals surface area contributed by atoms with Gasteiger partial charge in [-0.05, 0) is 55.5 Å². The minimum Gasteiger partial charge on any atom is -0.494 e. The summed E-state index contributed by atoms with van der Waals surface area (Å²) in [6.45, 7) is 2.54. The predicted octanol–water partition coefficient (Wildman–Crippen LogP) is 4.43. The number of hydrogen-bond donors (Lipinski definition) is 1. The van der Waals surface area contributed by atoms with Gasteiger partial charge in [-0.25, -0.2) is 9.97 Å². The van der Waals surface area contributed by atoms with Crippen LogP contribution >= 0.6 is 0 Å². The Bertz CT molecular complexity index is 1090. The van der Waals surface area contributed by atoms with E-state index in [-0.39, 0.29) is 5.91 Å². The number of fused-ring (bicyclic) bond motifs is 2. The summed E-state index contributed by atoms with van der Waals surface area (Å²) in [6.07, 6.45) is 0. The van der Waals surface area contributed by atoms with Crippen LogP contribution in [0.1, 0.15) is 17.3 Å². The van der Waals surface area contributed by atoms with Crippen LogP contribution in [0.3, 0.4) is 0 Å². The van der Waals surface area contributed by atoms with E-state index in [4.69, 9.17) is 4.74 Å². The molecule has 1 heterocycles. The molecule has 1 N–H and O–H groups in total. The normalized spacial score (nSPS) is 10.8. The number of hydrogen-bond acceptors (Lipinski definition) is 4. The topological polar surface area (TPSA) is 64.1 Å². The van der Waals surface area contributed by atoms with E-state index >= 15 is 0 Å². The fraction of sp³-hybridized carbons (Fsp3) is 0.0952. The third-order valence-electron chi connectivity index (χ3n) is 4.04. The molecule has 3 aromatic carbocycles. The maximum absolute atomic E-state index is 12.8. The van der Waals surface area contributed by atoms with Crippen molar-refractivity contribution in [3.05, 3.63) is 72.3 Å². The summed E-state index contributed by atoms with van der Waals surface area (Å²) >= 11 is 0. The molecule has 5 heteroatoms. The number of carbonyl (C=O) groups is 1. The summed E-state index contributed by atoms with van der Waals surface area (Å²) in [7, 11) is 0. The monoisotopic (exact) mass is 343 g/mol. The lowest BCUT2D eigenvalue weighted by molar-refractivity contribution is 0.102. The van der Waals surface area contributed by atoms with Crippen molar-refractivity contribution < 1.29 is 9.53 Å². The van der Waals surface area contributed by atoms with E-state index in [0.717, 1.165) is 16.8 Å². The highest BCUT2D eigenvalue weighted by molar-refractivity contribution is 6.12. The largest absolute Gasteiger partial charge is 0.494 e. The molecule has 0 bridgehead atoms. The Morgan fingerprint density at radius 2 is 1.58 bits per heavy atom. The molecule has 0 radical (unpaired) electrons. The summed E-state index contributed by atoms with van der Waals surface area (Å²) in [5.74, 6) is 0.553. The molecule has 0 aliphatic heterocycles. The van der Waals surface area contributed by atoms with E-state index in [1.807, 2.05) is 67.6 Å². The molecule has 0 spiro atoms. The highest BCUT2D eigenvalue weighted by Gasteiger charge is 2.13. The summed E-state index contributed by atoms with van der Waals surface area (Å²) < 4.78 is 5.42. The zero-order valence-electron chi connectivity index (χ0n) is 14.3. The van der Waals surface area contributed by atoms with Crippen LogP contribution in [-0.2, 0) is 0 Å². The van der Waals surface area contributed by atoms with E-state index in [1.165, 1.54) is 0 Å². The second-order valence-electron chi connectivity index (χ2n) is 5.80. The van der Waals surface area contributed by atoms with Crippen molar-refractivity contribution in [1.29, 1.82) is 0 Å².